The van der Waals surface area contributed by atoms with Crippen LogP contribution >= 0.6 is 0 Å². The van der Waals surface area contributed by atoms with Gasteiger partial charge < -0.3 is 10.6 Å². The molecule has 0 bridgehead atoms. The Kier molecular flexibility index (Phi) is 7.34. The number of amides is 1. The van der Waals surface area contributed by atoms with Gasteiger partial charge in [-0.1, -0.05) is 49.4 Å². The van der Waals surface area contributed by atoms with Crippen molar-refractivity contribution in [2.75, 3.05) is 13.1 Å². The average Bonchev–Trinajstić information content (AvgIpc) is 3.32. The van der Waals surface area contributed by atoms with Crippen LogP contribution in [0.1, 0.15) is 63.2 Å². The van der Waals surface area contributed by atoms with Crippen molar-refractivity contribution in [1.82, 2.24) is 20.2 Å². The monoisotopic (exact) mass is 465 g/mol. The number of pyridine rings is 1. The molecule has 0 radical (unpaired) electrons. The zero-order chi connectivity index (χ0) is 24.8. The third-order valence-electron chi connectivity index (χ3n) is 6.01. The molecule has 4 aromatic rings. The summed E-state index contributed by atoms with van der Waals surface area (Å²) in [5.74, 6) is -0.146. The minimum absolute atomic E-state index is 0.0935. The van der Waals surface area contributed by atoms with E-state index in [9.17, 15) is 9.59 Å². The number of Topliss-reactive ketones (excluding diaryl/α,β-unsaturated/α-hetero) is 1. The van der Waals surface area contributed by atoms with Crippen molar-refractivity contribution in [2.24, 2.45) is 0 Å². The first-order chi connectivity index (χ1) is 17.0. The average molecular weight is 466 g/mol. The lowest BCUT2D eigenvalue weighted by Gasteiger charge is -2.21. The molecule has 0 aliphatic carbocycles. The maximum atomic E-state index is 13.7. The number of hydrogen-bond acceptors (Lipinski definition) is 5. The standard InChI is InChI=1S/C28H27N5O2/c1-3-30-28(35)23-13-14-25-24(17-32-33(25)18-23)27(34)26(22-7-5-4-6-8-22)31-16-19(2)21-11-9-20(15-29)10-12-21/h4-14,17-19,26,31H,3,16H2,1-2H3,(H,30,35)/t19-,26+/m1/s1. The number of hydrogen-bond donors (Lipinski definition) is 2. The Morgan fingerprint density at radius 2 is 1.77 bits per heavy atom. The van der Waals surface area contributed by atoms with Gasteiger partial charge >= 0.3 is 0 Å². The van der Waals surface area contributed by atoms with Crippen molar-refractivity contribution in [3.05, 3.63) is 107 Å². The third kappa shape index (κ3) is 5.29. The molecule has 1 amide bonds. The van der Waals surface area contributed by atoms with Crippen LogP contribution in [0.15, 0.2) is 79.1 Å². The van der Waals surface area contributed by atoms with Gasteiger partial charge in [0.1, 0.15) is 0 Å². The van der Waals surface area contributed by atoms with Gasteiger partial charge in [0.05, 0.1) is 40.5 Å². The molecule has 7 heteroatoms. The van der Waals surface area contributed by atoms with Crippen LogP contribution in [0.4, 0.5) is 0 Å². The number of ketones is 1. The normalized spacial score (nSPS) is 12.6. The van der Waals surface area contributed by atoms with Crippen LogP contribution in [-0.2, 0) is 0 Å². The number of carbonyl (C=O) groups is 2. The van der Waals surface area contributed by atoms with Gasteiger partial charge in [0.15, 0.2) is 5.78 Å². The van der Waals surface area contributed by atoms with Crippen LogP contribution in [0.5, 0.6) is 0 Å². The maximum absolute atomic E-state index is 13.7. The number of fused-ring (bicyclic) bond motifs is 1. The Hall–Kier alpha value is -4.28. The van der Waals surface area contributed by atoms with Gasteiger partial charge in [-0.3, -0.25) is 9.59 Å². The lowest BCUT2D eigenvalue weighted by molar-refractivity contribution is 0.0940. The first-order valence-electron chi connectivity index (χ1n) is 11.6. The molecule has 2 aromatic carbocycles. The van der Waals surface area contributed by atoms with E-state index < -0.39 is 6.04 Å². The number of nitrogens with one attached hydrogen (secondary N) is 2. The molecule has 2 atom stereocenters. The highest BCUT2D eigenvalue weighted by Crippen LogP contribution is 2.24. The fourth-order valence-corrected chi connectivity index (χ4v) is 4.03. The molecule has 2 N–H and O–H groups in total. The molecule has 0 unspecified atom stereocenters. The highest BCUT2D eigenvalue weighted by molar-refractivity contribution is 6.06. The van der Waals surface area contributed by atoms with Crippen LogP contribution in [0.3, 0.4) is 0 Å². The first-order valence-corrected chi connectivity index (χ1v) is 11.6. The van der Waals surface area contributed by atoms with E-state index in [1.165, 1.54) is 0 Å². The highest BCUT2D eigenvalue weighted by atomic mass is 16.1. The molecule has 2 heterocycles. The van der Waals surface area contributed by atoms with Crippen molar-refractivity contribution >= 4 is 17.2 Å². The maximum Gasteiger partial charge on any atom is 0.252 e. The van der Waals surface area contributed by atoms with Gasteiger partial charge in [0.2, 0.25) is 0 Å². The van der Waals surface area contributed by atoms with Gasteiger partial charge in [-0.2, -0.15) is 10.4 Å². The van der Waals surface area contributed by atoms with E-state index in [1.807, 2.05) is 49.4 Å². The van der Waals surface area contributed by atoms with Gasteiger partial charge in [-0.15, -0.1) is 0 Å². The SMILES string of the molecule is CCNC(=O)c1ccc2c(C(=O)[C@@H](NC[C@@H](C)c3ccc(C#N)cc3)c3ccccc3)cnn2c1. The second-order valence-electron chi connectivity index (χ2n) is 8.42. The highest BCUT2D eigenvalue weighted by Gasteiger charge is 2.25. The fraction of sp³-hybridized carbons (Fsp3) is 0.214. The summed E-state index contributed by atoms with van der Waals surface area (Å²) < 4.78 is 1.57. The van der Waals surface area contributed by atoms with Crippen LogP contribution < -0.4 is 10.6 Å². The molecule has 0 spiro atoms. The predicted molar refractivity (Wildman–Crippen MR) is 134 cm³/mol. The molecular weight excluding hydrogens is 438 g/mol. The Morgan fingerprint density at radius 3 is 2.46 bits per heavy atom. The molecule has 0 saturated heterocycles. The second-order valence-corrected chi connectivity index (χ2v) is 8.42. The summed E-state index contributed by atoms with van der Waals surface area (Å²) >= 11 is 0. The molecule has 0 fully saturated rings. The quantitative estimate of drug-likeness (QED) is 0.360. The minimum atomic E-state index is -0.562. The molecule has 0 aliphatic rings. The Bertz CT molecular complexity index is 1370. The van der Waals surface area contributed by atoms with Gasteiger partial charge in [-0.25, -0.2) is 4.52 Å². The van der Waals surface area contributed by atoms with Gasteiger partial charge in [-0.05, 0) is 48.2 Å². The number of nitriles is 1. The number of aromatic nitrogens is 2. The summed E-state index contributed by atoms with van der Waals surface area (Å²) in [4.78, 5) is 25.9. The van der Waals surface area contributed by atoms with Gasteiger partial charge in [0.25, 0.3) is 5.91 Å². The predicted octanol–water partition coefficient (Wildman–Crippen LogP) is 4.27. The van der Waals surface area contributed by atoms with E-state index in [-0.39, 0.29) is 17.6 Å². The smallest absolute Gasteiger partial charge is 0.252 e. The third-order valence-corrected chi connectivity index (χ3v) is 6.01. The van der Waals surface area contributed by atoms with E-state index >= 15 is 0 Å². The van der Waals surface area contributed by atoms with E-state index in [0.717, 1.165) is 11.1 Å². The lowest BCUT2D eigenvalue weighted by Crippen LogP contribution is -2.31. The molecule has 7 nitrogen and oxygen atoms in total. The van der Waals surface area contributed by atoms with Crippen LogP contribution in [0.2, 0.25) is 0 Å². The minimum Gasteiger partial charge on any atom is -0.352 e. The number of benzene rings is 2. The molecule has 176 valence electrons. The Balaban J connectivity index is 1.59. The summed E-state index contributed by atoms with van der Waals surface area (Å²) in [5.41, 5.74) is 4.18. The van der Waals surface area contributed by atoms with Crippen molar-refractivity contribution in [1.29, 1.82) is 5.26 Å². The van der Waals surface area contributed by atoms with Crippen LogP contribution in [0, 0.1) is 11.3 Å². The summed E-state index contributed by atoms with van der Waals surface area (Å²) in [7, 11) is 0. The largest absolute Gasteiger partial charge is 0.352 e. The number of nitrogens with zero attached hydrogens (tertiary/aromatic N) is 3. The summed E-state index contributed by atoms with van der Waals surface area (Å²) in [6.45, 7) is 5.04. The molecule has 0 saturated carbocycles. The first kappa shape index (κ1) is 23.9. The van der Waals surface area contributed by atoms with Crippen LogP contribution in [-0.4, -0.2) is 34.4 Å². The molecular formula is C28H27N5O2. The number of rotatable bonds is 9. The zero-order valence-electron chi connectivity index (χ0n) is 19.7. The molecule has 2 aromatic heterocycles. The van der Waals surface area contributed by atoms with Crippen molar-refractivity contribution in [3.8, 4) is 6.07 Å². The van der Waals surface area contributed by atoms with Crippen molar-refractivity contribution in [3.63, 3.8) is 0 Å². The van der Waals surface area contributed by atoms with E-state index in [0.29, 0.717) is 35.3 Å². The van der Waals surface area contributed by atoms with E-state index in [1.54, 1.807) is 41.2 Å². The van der Waals surface area contributed by atoms with Gasteiger partial charge in [0, 0.05) is 19.3 Å². The lowest BCUT2D eigenvalue weighted by atomic mass is 9.95. The Morgan fingerprint density at radius 1 is 1.03 bits per heavy atom. The summed E-state index contributed by atoms with van der Waals surface area (Å²) in [6, 6.07) is 22.1. The molecule has 0 aliphatic heterocycles. The summed E-state index contributed by atoms with van der Waals surface area (Å²) in [5, 5.41) is 19.6. The van der Waals surface area contributed by atoms with E-state index in [2.05, 4.69) is 28.7 Å². The number of carbonyl (C=O) groups excluding carboxylic acids is 2. The van der Waals surface area contributed by atoms with Crippen molar-refractivity contribution < 1.29 is 9.59 Å². The second kappa shape index (κ2) is 10.8. The van der Waals surface area contributed by atoms with E-state index in [4.69, 9.17) is 5.26 Å². The van der Waals surface area contributed by atoms with Crippen LogP contribution in [0.25, 0.3) is 5.52 Å². The molecule has 4 rings (SSSR count). The summed E-state index contributed by atoms with van der Waals surface area (Å²) in [6.07, 6.45) is 3.19. The fourth-order valence-electron chi connectivity index (χ4n) is 4.03. The molecule has 35 heavy (non-hydrogen) atoms. The zero-order valence-corrected chi connectivity index (χ0v) is 19.7. The topological polar surface area (TPSA) is 99.3 Å². The Labute approximate surface area is 204 Å². The van der Waals surface area contributed by atoms with Crippen molar-refractivity contribution in [2.45, 2.75) is 25.8 Å².